The average molecular weight is 237 g/mol. The Labute approximate surface area is 94.9 Å². The molecular formula is C9H7N3OS2. The molecule has 0 aliphatic carbocycles. The molecule has 0 unspecified atom stereocenters. The number of hydrogen-bond acceptors (Lipinski definition) is 5. The zero-order valence-electron chi connectivity index (χ0n) is 7.54. The SMILES string of the molecule is Oc1cccc(/C=N/c2n[nH]c(=S)s2)c1. The van der Waals surface area contributed by atoms with E-state index in [1.165, 1.54) is 11.3 Å². The van der Waals surface area contributed by atoms with Crippen LogP contribution in [0.3, 0.4) is 0 Å². The van der Waals surface area contributed by atoms with Gasteiger partial charge in [-0.25, -0.2) is 4.99 Å². The number of aliphatic imine (C=N–C) groups is 1. The first kappa shape index (κ1) is 10.0. The molecular weight excluding hydrogens is 230 g/mol. The van der Waals surface area contributed by atoms with Crippen molar-refractivity contribution in [2.45, 2.75) is 0 Å². The van der Waals surface area contributed by atoms with Crippen molar-refractivity contribution in [2.24, 2.45) is 4.99 Å². The van der Waals surface area contributed by atoms with E-state index in [-0.39, 0.29) is 5.75 Å². The Morgan fingerprint density at radius 2 is 2.40 bits per heavy atom. The Bertz CT molecular complexity index is 544. The Kier molecular flexibility index (Phi) is 2.89. The lowest BCUT2D eigenvalue weighted by Gasteiger charge is -1.92. The van der Waals surface area contributed by atoms with Crippen molar-refractivity contribution >= 4 is 34.9 Å². The fourth-order valence-corrected chi connectivity index (χ4v) is 1.74. The summed E-state index contributed by atoms with van der Waals surface area (Å²) in [5.41, 5.74) is 0.816. The molecule has 2 aromatic rings. The maximum atomic E-state index is 9.22. The second kappa shape index (κ2) is 4.33. The highest BCUT2D eigenvalue weighted by Crippen LogP contribution is 2.15. The van der Waals surface area contributed by atoms with Crippen LogP contribution in [0.25, 0.3) is 0 Å². The standard InChI is InChI=1S/C9H7N3OS2/c13-7-3-1-2-6(4-7)5-10-8-11-12-9(14)15-8/h1-5,13H,(H,12,14)/b10-5+. The van der Waals surface area contributed by atoms with Gasteiger partial charge in [-0.05, 0) is 29.9 Å². The number of aromatic amines is 1. The quantitative estimate of drug-likeness (QED) is 0.623. The number of nitrogens with one attached hydrogen (secondary N) is 1. The van der Waals surface area contributed by atoms with Crippen molar-refractivity contribution < 1.29 is 5.11 Å². The molecule has 0 saturated heterocycles. The van der Waals surface area contributed by atoms with Gasteiger partial charge < -0.3 is 5.11 Å². The molecule has 0 aliphatic heterocycles. The number of aromatic hydroxyl groups is 1. The van der Waals surface area contributed by atoms with E-state index < -0.39 is 0 Å². The van der Waals surface area contributed by atoms with Crippen LogP contribution in [0.2, 0.25) is 0 Å². The first-order valence-corrected chi connectivity index (χ1v) is 5.35. The van der Waals surface area contributed by atoms with Gasteiger partial charge in [-0.3, -0.25) is 5.10 Å². The van der Waals surface area contributed by atoms with Crippen molar-refractivity contribution in [3.05, 3.63) is 33.8 Å². The number of rotatable bonds is 2. The highest BCUT2D eigenvalue weighted by Gasteiger charge is 1.93. The first-order chi connectivity index (χ1) is 7.24. The van der Waals surface area contributed by atoms with E-state index in [1.54, 1.807) is 24.4 Å². The average Bonchev–Trinajstić information content (AvgIpc) is 2.62. The Morgan fingerprint density at radius 3 is 3.07 bits per heavy atom. The summed E-state index contributed by atoms with van der Waals surface area (Å²) in [4.78, 5) is 4.11. The number of benzene rings is 1. The van der Waals surface area contributed by atoms with E-state index in [0.717, 1.165) is 5.56 Å². The lowest BCUT2D eigenvalue weighted by atomic mass is 10.2. The minimum atomic E-state index is 0.216. The molecule has 76 valence electrons. The number of H-pyrrole nitrogens is 1. The molecule has 1 heterocycles. The summed E-state index contributed by atoms with van der Waals surface area (Å²) in [6.45, 7) is 0. The highest BCUT2D eigenvalue weighted by molar-refractivity contribution is 7.73. The van der Waals surface area contributed by atoms with Gasteiger partial charge in [0.2, 0.25) is 5.13 Å². The summed E-state index contributed by atoms with van der Waals surface area (Å²) in [6.07, 6.45) is 1.63. The number of nitrogens with zero attached hydrogens (tertiary/aromatic N) is 2. The second-order valence-electron chi connectivity index (χ2n) is 2.75. The number of phenols is 1. The van der Waals surface area contributed by atoms with Crippen molar-refractivity contribution in [2.75, 3.05) is 0 Å². The molecule has 6 heteroatoms. The van der Waals surface area contributed by atoms with Gasteiger partial charge in [-0.2, -0.15) is 0 Å². The summed E-state index contributed by atoms with van der Waals surface area (Å²) in [5.74, 6) is 0.216. The van der Waals surface area contributed by atoms with Gasteiger partial charge in [-0.1, -0.05) is 23.5 Å². The molecule has 0 fully saturated rings. The van der Waals surface area contributed by atoms with E-state index in [9.17, 15) is 5.11 Å². The van der Waals surface area contributed by atoms with Crippen molar-refractivity contribution in [3.63, 3.8) is 0 Å². The molecule has 0 spiro atoms. The molecule has 2 rings (SSSR count). The Hall–Kier alpha value is -1.53. The molecule has 4 nitrogen and oxygen atoms in total. The monoisotopic (exact) mass is 237 g/mol. The normalized spacial score (nSPS) is 10.9. The van der Waals surface area contributed by atoms with Crippen LogP contribution in [0.4, 0.5) is 5.13 Å². The van der Waals surface area contributed by atoms with Crippen LogP contribution in [0.1, 0.15) is 5.56 Å². The van der Waals surface area contributed by atoms with Crippen LogP contribution in [0.5, 0.6) is 5.75 Å². The van der Waals surface area contributed by atoms with Crippen LogP contribution >= 0.6 is 23.6 Å². The van der Waals surface area contributed by atoms with E-state index in [4.69, 9.17) is 12.2 Å². The predicted octanol–water partition coefficient (Wildman–Crippen LogP) is 2.66. The maximum absolute atomic E-state index is 9.22. The first-order valence-electron chi connectivity index (χ1n) is 4.13. The largest absolute Gasteiger partial charge is 0.508 e. The minimum absolute atomic E-state index is 0.216. The Balaban J connectivity index is 2.21. The van der Waals surface area contributed by atoms with Crippen LogP contribution < -0.4 is 0 Å². The zero-order valence-corrected chi connectivity index (χ0v) is 9.18. The molecule has 0 bridgehead atoms. The van der Waals surface area contributed by atoms with Crippen LogP contribution in [0, 0.1) is 3.95 Å². The number of phenolic OH excluding ortho intramolecular Hbond substituents is 1. The van der Waals surface area contributed by atoms with E-state index in [0.29, 0.717) is 9.09 Å². The topological polar surface area (TPSA) is 61.3 Å². The van der Waals surface area contributed by atoms with Gasteiger partial charge in [-0.15, -0.1) is 5.10 Å². The highest BCUT2D eigenvalue weighted by atomic mass is 32.1. The van der Waals surface area contributed by atoms with Gasteiger partial charge in [0, 0.05) is 6.21 Å². The van der Waals surface area contributed by atoms with E-state index in [2.05, 4.69) is 15.2 Å². The van der Waals surface area contributed by atoms with Gasteiger partial charge in [0.15, 0.2) is 3.95 Å². The van der Waals surface area contributed by atoms with E-state index >= 15 is 0 Å². The molecule has 2 N–H and O–H groups in total. The van der Waals surface area contributed by atoms with Crippen molar-refractivity contribution in [3.8, 4) is 5.75 Å². The van der Waals surface area contributed by atoms with Crippen LogP contribution in [0.15, 0.2) is 29.3 Å². The lowest BCUT2D eigenvalue weighted by molar-refractivity contribution is 0.475. The van der Waals surface area contributed by atoms with Gasteiger partial charge in [0.25, 0.3) is 0 Å². The number of hydrogen-bond donors (Lipinski definition) is 2. The molecule has 1 aromatic carbocycles. The molecule has 1 aromatic heterocycles. The molecule has 0 saturated carbocycles. The fraction of sp³-hybridized carbons (Fsp3) is 0. The molecule has 0 atom stereocenters. The second-order valence-corrected chi connectivity index (χ2v) is 4.39. The Morgan fingerprint density at radius 1 is 1.53 bits per heavy atom. The van der Waals surface area contributed by atoms with Crippen molar-refractivity contribution in [1.82, 2.24) is 10.2 Å². The smallest absolute Gasteiger partial charge is 0.230 e. The van der Waals surface area contributed by atoms with Gasteiger partial charge in [0.05, 0.1) is 0 Å². The summed E-state index contributed by atoms with van der Waals surface area (Å²) in [5, 5.41) is 16.3. The molecule has 0 aliphatic rings. The zero-order chi connectivity index (χ0) is 10.7. The van der Waals surface area contributed by atoms with E-state index in [1.807, 2.05) is 6.07 Å². The lowest BCUT2D eigenvalue weighted by Crippen LogP contribution is -1.78. The third kappa shape index (κ3) is 2.71. The maximum Gasteiger partial charge on any atom is 0.230 e. The van der Waals surface area contributed by atoms with Gasteiger partial charge in [0.1, 0.15) is 5.75 Å². The number of aromatic nitrogens is 2. The fourth-order valence-electron chi connectivity index (χ4n) is 1.01. The molecule has 0 amide bonds. The summed E-state index contributed by atoms with van der Waals surface area (Å²) in [6, 6.07) is 6.82. The van der Waals surface area contributed by atoms with Crippen LogP contribution in [-0.2, 0) is 0 Å². The molecule has 0 radical (unpaired) electrons. The third-order valence-corrected chi connectivity index (χ3v) is 2.62. The van der Waals surface area contributed by atoms with Crippen molar-refractivity contribution in [1.29, 1.82) is 0 Å². The summed E-state index contributed by atoms with van der Waals surface area (Å²) in [7, 11) is 0. The van der Waals surface area contributed by atoms with Crippen LogP contribution in [-0.4, -0.2) is 21.5 Å². The predicted molar refractivity (Wildman–Crippen MR) is 62.7 cm³/mol. The summed E-state index contributed by atoms with van der Waals surface area (Å²) >= 11 is 6.17. The third-order valence-electron chi connectivity index (χ3n) is 1.62. The molecule has 15 heavy (non-hydrogen) atoms. The van der Waals surface area contributed by atoms with Gasteiger partial charge >= 0.3 is 0 Å². The summed E-state index contributed by atoms with van der Waals surface area (Å²) < 4.78 is 0.595. The minimum Gasteiger partial charge on any atom is -0.508 e.